The second-order valence-corrected chi connectivity index (χ2v) is 6.22. The van der Waals surface area contributed by atoms with E-state index in [-0.39, 0.29) is 0 Å². The van der Waals surface area contributed by atoms with Crippen LogP contribution in [0.1, 0.15) is 56.1 Å². The first-order valence-electron chi connectivity index (χ1n) is 8.04. The summed E-state index contributed by atoms with van der Waals surface area (Å²) < 4.78 is 0. The van der Waals surface area contributed by atoms with Crippen LogP contribution in [0.15, 0.2) is 35.8 Å². The number of benzene rings is 1. The Balaban J connectivity index is 2.39. The lowest BCUT2D eigenvalue weighted by atomic mass is 9.79. The van der Waals surface area contributed by atoms with Gasteiger partial charge >= 0.3 is 0 Å². The van der Waals surface area contributed by atoms with E-state index in [0.29, 0.717) is 0 Å². The summed E-state index contributed by atoms with van der Waals surface area (Å²) in [6.45, 7) is 7.98. The fourth-order valence-electron chi connectivity index (χ4n) is 3.17. The van der Waals surface area contributed by atoms with Crippen molar-refractivity contribution in [3.8, 4) is 0 Å². The van der Waals surface area contributed by atoms with Crippen molar-refractivity contribution in [2.24, 2.45) is 4.99 Å². The minimum atomic E-state index is -0.712. The molecule has 1 aromatic rings. The fraction of sp³-hybridized carbons (Fsp3) is 0.526. The van der Waals surface area contributed by atoms with E-state index in [1.54, 1.807) is 0 Å². The molecule has 0 aliphatic heterocycles. The van der Waals surface area contributed by atoms with Gasteiger partial charge in [-0.1, -0.05) is 43.5 Å². The number of aryl methyl sites for hydroxylation is 2. The molecule has 0 bridgehead atoms. The van der Waals surface area contributed by atoms with E-state index in [4.69, 9.17) is 4.99 Å². The highest BCUT2D eigenvalue weighted by molar-refractivity contribution is 5.95. The Bertz CT molecular complexity index is 504. The first-order valence-corrected chi connectivity index (χ1v) is 8.04. The van der Waals surface area contributed by atoms with Crippen molar-refractivity contribution in [2.45, 2.75) is 64.4 Å². The highest BCUT2D eigenvalue weighted by Crippen LogP contribution is 2.33. The maximum atomic E-state index is 11.0. The standard InChI is InChI=1S/C19H27NO/c1-4-5-12-17(19(21)13-7-6-8-14-19)20-18-15(2)10-9-11-16(18)3/h4,9-11,21H,1,5-8,12-14H2,2-3H3. The zero-order chi connectivity index (χ0) is 15.3. The van der Waals surface area contributed by atoms with Gasteiger partial charge in [-0.2, -0.15) is 0 Å². The Kier molecular flexibility index (Phi) is 5.35. The first-order chi connectivity index (χ1) is 10.1. The molecule has 0 amide bonds. The van der Waals surface area contributed by atoms with E-state index >= 15 is 0 Å². The maximum absolute atomic E-state index is 11.0. The largest absolute Gasteiger partial charge is 0.384 e. The van der Waals surface area contributed by atoms with Gasteiger partial charge in [0.25, 0.3) is 0 Å². The van der Waals surface area contributed by atoms with Crippen LogP contribution >= 0.6 is 0 Å². The average molecular weight is 285 g/mol. The predicted molar refractivity (Wildman–Crippen MR) is 90.5 cm³/mol. The summed E-state index contributed by atoms with van der Waals surface area (Å²) in [5.41, 5.74) is 3.60. The molecule has 0 atom stereocenters. The van der Waals surface area contributed by atoms with Crippen LogP contribution in [0.3, 0.4) is 0 Å². The van der Waals surface area contributed by atoms with E-state index in [1.807, 2.05) is 6.08 Å². The molecule has 0 heterocycles. The van der Waals surface area contributed by atoms with Gasteiger partial charge in [0, 0.05) is 0 Å². The second kappa shape index (κ2) is 7.04. The summed E-state index contributed by atoms with van der Waals surface area (Å²) in [6.07, 6.45) is 8.67. The number of hydrogen-bond donors (Lipinski definition) is 1. The summed E-state index contributed by atoms with van der Waals surface area (Å²) >= 11 is 0. The minimum absolute atomic E-state index is 0.712. The number of aliphatic imine (C=N–C) groups is 1. The van der Waals surface area contributed by atoms with Crippen LogP contribution in [-0.2, 0) is 0 Å². The fourth-order valence-corrected chi connectivity index (χ4v) is 3.17. The Hall–Kier alpha value is -1.41. The van der Waals surface area contributed by atoms with Crippen LogP contribution in [-0.4, -0.2) is 16.4 Å². The highest BCUT2D eigenvalue weighted by atomic mass is 16.3. The molecule has 1 N–H and O–H groups in total. The molecule has 0 aromatic heterocycles. The quantitative estimate of drug-likeness (QED) is 0.597. The third kappa shape index (κ3) is 3.82. The number of allylic oxidation sites excluding steroid dienone is 1. The highest BCUT2D eigenvalue weighted by Gasteiger charge is 2.34. The van der Waals surface area contributed by atoms with Crippen molar-refractivity contribution in [3.63, 3.8) is 0 Å². The van der Waals surface area contributed by atoms with Crippen molar-refractivity contribution >= 4 is 11.4 Å². The van der Waals surface area contributed by atoms with E-state index < -0.39 is 5.60 Å². The predicted octanol–water partition coefficient (Wildman–Crippen LogP) is 5.04. The van der Waals surface area contributed by atoms with Crippen molar-refractivity contribution in [2.75, 3.05) is 0 Å². The van der Waals surface area contributed by atoms with Gasteiger partial charge in [-0.3, -0.25) is 4.99 Å². The first kappa shape index (κ1) is 16.0. The number of nitrogens with zero attached hydrogens (tertiary/aromatic N) is 1. The number of hydrogen-bond acceptors (Lipinski definition) is 2. The summed E-state index contributed by atoms with van der Waals surface area (Å²) in [6, 6.07) is 6.23. The lowest BCUT2D eigenvalue weighted by Crippen LogP contribution is -2.40. The summed E-state index contributed by atoms with van der Waals surface area (Å²) in [4.78, 5) is 4.91. The molecule has 0 radical (unpaired) electrons. The van der Waals surface area contributed by atoms with Crippen molar-refractivity contribution in [1.29, 1.82) is 0 Å². The molecule has 1 aliphatic carbocycles. The van der Waals surface area contributed by atoms with Gasteiger partial charge in [0.1, 0.15) is 5.60 Å². The van der Waals surface area contributed by atoms with E-state index in [0.717, 1.165) is 49.9 Å². The van der Waals surface area contributed by atoms with Crippen LogP contribution in [0, 0.1) is 13.8 Å². The van der Waals surface area contributed by atoms with Crippen LogP contribution in [0.25, 0.3) is 0 Å². The van der Waals surface area contributed by atoms with Crippen LogP contribution in [0.2, 0.25) is 0 Å². The molecular weight excluding hydrogens is 258 g/mol. The molecular formula is C19H27NO. The third-order valence-electron chi connectivity index (χ3n) is 4.49. The molecule has 0 saturated heterocycles. The molecule has 2 nitrogen and oxygen atoms in total. The summed E-state index contributed by atoms with van der Waals surface area (Å²) in [5, 5.41) is 11.0. The van der Waals surface area contributed by atoms with E-state index in [9.17, 15) is 5.11 Å². The van der Waals surface area contributed by atoms with Crippen molar-refractivity contribution in [3.05, 3.63) is 42.0 Å². The average Bonchev–Trinajstić information content (AvgIpc) is 2.46. The molecule has 1 fully saturated rings. The van der Waals surface area contributed by atoms with Gasteiger partial charge in [-0.05, 0) is 50.7 Å². The van der Waals surface area contributed by atoms with Crippen LogP contribution in [0.4, 0.5) is 5.69 Å². The van der Waals surface area contributed by atoms with Crippen molar-refractivity contribution < 1.29 is 5.11 Å². The second-order valence-electron chi connectivity index (χ2n) is 6.22. The molecule has 114 valence electrons. The Morgan fingerprint density at radius 3 is 2.43 bits per heavy atom. The molecule has 0 spiro atoms. The van der Waals surface area contributed by atoms with Crippen molar-refractivity contribution in [1.82, 2.24) is 0 Å². The van der Waals surface area contributed by atoms with Gasteiger partial charge in [0.05, 0.1) is 11.4 Å². The normalized spacial score (nSPS) is 18.5. The Labute approximate surface area is 128 Å². The topological polar surface area (TPSA) is 32.6 Å². The van der Waals surface area contributed by atoms with Crippen LogP contribution in [0.5, 0.6) is 0 Å². The molecule has 1 saturated carbocycles. The molecule has 21 heavy (non-hydrogen) atoms. The van der Waals surface area contributed by atoms with Crippen LogP contribution < -0.4 is 0 Å². The summed E-state index contributed by atoms with van der Waals surface area (Å²) in [5.74, 6) is 0. The zero-order valence-electron chi connectivity index (χ0n) is 13.4. The zero-order valence-corrected chi connectivity index (χ0v) is 13.4. The Morgan fingerprint density at radius 1 is 1.24 bits per heavy atom. The molecule has 1 aliphatic rings. The molecule has 2 heteroatoms. The molecule has 1 aromatic carbocycles. The number of para-hydroxylation sites is 1. The SMILES string of the molecule is C=CCCC(=Nc1c(C)cccc1C)C1(O)CCCCC1. The number of aliphatic hydroxyl groups is 1. The lowest BCUT2D eigenvalue weighted by molar-refractivity contribution is 0.0689. The third-order valence-corrected chi connectivity index (χ3v) is 4.49. The Morgan fingerprint density at radius 2 is 1.86 bits per heavy atom. The van der Waals surface area contributed by atoms with Gasteiger partial charge in [0.15, 0.2) is 0 Å². The lowest BCUT2D eigenvalue weighted by Gasteiger charge is -2.33. The van der Waals surface area contributed by atoms with Gasteiger partial charge in [-0.25, -0.2) is 0 Å². The maximum Gasteiger partial charge on any atom is 0.103 e. The van der Waals surface area contributed by atoms with Gasteiger partial charge in [-0.15, -0.1) is 6.58 Å². The van der Waals surface area contributed by atoms with E-state index in [1.165, 1.54) is 17.5 Å². The van der Waals surface area contributed by atoms with Gasteiger partial charge in [0.2, 0.25) is 0 Å². The van der Waals surface area contributed by atoms with E-state index in [2.05, 4.69) is 38.6 Å². The smallest absolute Gasteiger partial charge is 0.103 e. The monoisotopic (exact) mass is 285 g/mol. The molecule has 2 rings (SSSR count). The summed E-state index contributed by atoms with van der Waals surface area (Å²) in [7, 11) is 0. The molecule has 0 unspecified atom stereocenters. The minimum Gasteiger partial charge on any atom is -0.384 e. The van der Waals surface area contributed by atoms with Gasteiger partial charge < -0.3 is 5.11 Å². The number of rotatable bonds is 5.